The molecule has 0 fully saturated rings. The molecule has 0 aliphatic rings. The Balaban J connectivity index is 1.73. The van der Waals surface area contributed by atoms with E-state index in [1.165, 1.54) is 5.56 Å². The number of fused-ring (bicyclic) bond motifs is 1. The molecule has 0 amide bonds. The van der Waals surface area contributed by atoms with Crippen molar-refractivity contribution in [1.29, 1.82) is 0 Å². The number of nitrogens with one attached hydrogen (secondary N) is 2. The highest BCUT2D eigenvalue weighted by Gasteiger charge is 2.09. The predicted octanol–water partition coefficient (Wildman–Crippen LogP) is 3.68. The Kier molecular flexibility index (Phi) is 3.87. The third kappa shape index (κ3) is 2.93. The zero-order valence-corrected chi connectivity index (χ0v) is 12.5. The van der Waals surface area contributed by atoms with Crippen molar-refractivity contribution in [1.82, 2.24) is 10.3 Å². The van der Waals surface area contributed by atoms with Crippen LogP contribution < -0.4 is 11.1 Å². The average molecular weight is 330 g/mol. The third-order valence-electron chi connectivity index (χ3n) is 3.31. The van der Waals surface area contributed by atoms with Gasteiger partial charge >= 0.3 is 0 Å². The Morgan fingerprint density at radius 2 is 1.90 bits per heavy atom. The normalized spacial score (nSPS) is 12.7. The topological polar surface area (TPSA) is 53.8 Å². The van der Waals surface area contributed by atoms with Gasteiger partial charge in [-0.1, -0.05) is 46.3 Å². The van der Waals surface area contributed by atoms with Crippen LogP contribution in [0.25, 0.3) is 10.9 Å². The van der Waals surface area contributed by atoms with E-state index in [1.54, 1.807) is 0 Å². The lowest BCUT2D eigenvalue weighted by molar-refractivity contribution is 0.542. The van der Waals surface area contributed by atoms with E-state index >= 15 is 0 Å². The lowest BCUT2D eigenvalue weighted by Crippen LogP contribution is -2.28. The number of rotatable bonds is 4. The van der Waals surface area contributed by atoms with Crippen molar-refractivity contribution < 1.29 is 0 Å². The number of H-pyrrole nitrogens is 1. The molecule has 1 atom stereocenters. The van der Waals surface area contributed by atoms with Crippen LogP contribution in [-0.2, 0) is 6.54 Å². The summed E-state index contributed by atoms with van der Waals surface area (Å²) in [5, 5.41) is 4.48. The fourth-order valence-corrected chi connectivity index (χ4v) is 2.61. The van der Waals surface area contributed by atoms with Crippen LogP contribution in [0.1, 0.15) is 17.4 Å². The van der Waals surface area contributed by atoms with E-state index in [1.807, 2.05) is 30.3 Å². The highest BCUT2D eigenvalue weighted by atomic mass is 79.9. The first-order valence-corrected chi connectivity index (χ1v) is 7.33. The Labute approximate surface area is 126 Å². The summed E-state index contributed by atoms with van der Waals surface area (Å²) in [4.78, 5) is 3.35. The summed E-state index contributed by atoms with van der Waals surface area (Å²) in [6.07, 6.45) is -0.207. The minimum atomic E-state index is -0.207. The highest BCUT2D eigenvalue weighted by molar-refractivity contribution is 9.10. The van der Waals surface area contributed by atoms with Crippen LogP contribution in [0, 0.1) is 0 Å². The zero-order valence-electron chi connectivity index (χ0n) is 10.9. The molecule has 3 aromatic rings. The lowest BCUT2D eigenvalue weighted by atomic mass is 10.2. The minimum Gasteiger partial charge on any atom is -0.356 e. The number of hydrogen-bond donors (Lipinski definition) is 3. The molecular formula is C16H16BrN3. The van der Waals surface area contributed by atoms with Gasteiger partial charge in [-0.05, 0) is 29.8 Å². The van der Waals surface area contributed by atoms with Crippen LogP contribution in [0.4, 0.5) is 0 Å². The van der Waals surface area contributed by atoms with Gasteiger partial charge in [-0.3, -0.25) is 5.32 Å². The lowest BCUT2D eigenvalue weighted by Gasteiger charge is -2.12. The summed E-state index contributed by atoms with van der Waals surface area (Å²) >= 11 is 3.48. The largest absolute Gasteiger partial charge is 0.356 e. The van der Waals surface area contributed by atoms with Gasteiger partial charge in [-0.2, -0.15) is 0 Å². The van der Waals surface area contributed by atoms with E-state index in [9.17, 15) is 0 Å². The quantitative estimate of drug-likeness (QED) is 0.639. The van der Waals surface area contributed by atoms with Crippen molar-refractivity contribution in [3.8, 4) is 0 Å². The van der Waals surface area contributed by atoms with Crippen molar-refractivity contribution in [3.63, 3.8) is 0 Å². The molecule has 3 rings (SSSR count). The Hall–Kier alpha value is -1.62. The molecule has 0 spiro atoms. The van der Waals surface area contributed by atoms with Crippen molar-refractivity contribution >= 4 is 26.8 Å². The maximum absolute atomic E-state index is 6.19. The number of halogens is 1. The summed E-state index contributed by atoms with van der Waals surface area (Å²) in [5.41, 5.74) is 9.51. The predicted molar refractivity (Wildman–Crippen MR) is 86.2 cm³/mol. The Morgan fingerprint density at radius 1 is 1.10 bits per heavy atom. The third-order valence-corrected chi connectivity index (χ3v) is 3.80. The number of hydrogen-bond acceptors (Lipinski definition) is 2. The van der Waals surface area contributed by atoms with Crippen LogP contribution in [0.15, 0.2) is 59.1 Å². The van der Waals surface area contributed by atoms with Crippen LogP contribution in [0.3, 0.4) is 0 Å². The van der Waals surface area contributed by atoms with Gasteiger partial charge in [0.15, 0.2) is 0 Å². The zero-order chi connectivity index (χ0) is 13.9. The SMILES string of the molecule is NC(NCc1ccccc1)c1cc2cc(Br)ccc2[nH]1. The van der Waals surface area contributed by atoms with Gasteiger partial charge in [0.2, 0.25) is 0 Å². The van der Waals surface area contributed by atoms with Gasteiger partial charge in [0.1, 0.15) is 0 Å². The molecule has 0 radical (unpaired) electrons. The molecule has 0 saturated carbocycles. The van der Waals surface area contributed by atoms with Gasteiger partial charge in [-0.15, -0.1) is 0 Å². The Bertz CT molecular complexity index is 706. The van der Waals surface area contributed by atoms with Crippen molar-refractivity contribution in [2.75, 3.05) is 0 Å². The molecule has 1 aromatic heterocycles. The van der Waals surface area contributed by atoms with E-state index < -0.39 is 0 Å². The molecule has 3 nitrogen and oxygen atoms in total. The molecule has 20 heavy (non-hydrogen) atoms. The van der Waals surface area contributed by atoms with Crippen molar-refractivity contribution in [2.45, 2.75) is 12.7 Å². The molecule has 2 aromatic carbocycles. The minimum absolute atomic E-state index is 0.207. The number of nitrogens with two attached hydrogens (primary N) is 1. The number of benzene rings is 2. The van der Waals surface area contributed by atoms with Crippen molar-refractivity contribution in [2.24, 2.45) is 5.73 Å². The second-order valence-corrected chi connectivity index (χ2v) is 5.72. The summed E-state index contributed by atoms with van der Waals surface area (Å²) in [5.74, 6) is 0. The van der Waals surface area contributed by atoms with E-state index in [-0.39, 0.29) is 6.17 Å². The van der Waals surface area contributed by atoms with E-state index in [2.05, 4.69) is 50.5 Å². The van der Waals surface area contributed by atoms with Crippen LogP contribution in [0.2, 0.25) is 0 Å². The molecule has 1 heterocycles. The van der Waals surface area contributed by atoms with Gasteiger partial charge in [0, 0.05) is 27.6 Å². The van der Waals surface area contributed by atoms with Crippen molar-refractivity contribution in [3.05, 3.63) is 70.3 Å². The van der Waals surface area contributed by atoms with Gasteiger partial charge < -0.3 is 10.7 Å². The van der Waals surface area contributed by atoms with Crippen LogP contribution in [0.5, 0.6) is 0 Å². The first-order chi connectivity index (χ1) is 9.72. The summed E-state index contributed by atoms with van der Waals surface area (Å²) in [6, 6.07) is 18.5. The number of aromatic nitrogens is 1. The van der Waals surface area contributed by atoms with E-state index in [0.717, 1.165) is 27.6 Å². The fourth-order valence-electron chi connectivity index (χ4n) is 2.23. The van der Waals surface area contributed by atoms with E-state index in [0.29, 0.717) is 0 Å². The fraction of sp³-hybridized carbons (Fsp3) is 0.125. The first-order valence-electron chi connectivity index (χ1n) is 6.53. The summed E-state index contributed by atoms with van der Waals surface area (Å²) in [6.45, 7) is 0.751. The van der Waals surface area contributed by atoms with Gasteiger partial charge in [-0.25, -0.2) is 0 Å². The standard InChI is InChI=1S/C16H16BrN3/c17-13-6-7-14-12(8-13)9-15(20-14)16(18)19-10-11-4-2-1-3-5-11/h1-9,16,19-20H,10,18H2. The van der Waals surface area contributed by atoms with Crippen LogP contribution >= 0.6 is 15.9 Å². The monoisotopic (exact) mass is 329 g/mol. The molecule has 4 N–H and O–H groups in total. The molecule has 4 heteroatoms. The molecule has 1 unspecified atom stereocenters. The molecule has 102 valence electrons. The van der Waals surface area contributed by atoms with Gasteiger partial charge in [0.25, 0.3) is 0 Å². The van der Waals surface area contributed by atoms with Crippen LogP contribution in [-0.4, -0.2) is 4.98 Å². The molecule has 0 aliphatic carbocycles. The highest BCUT2D eigenvalue weighted by Crippen LogP contribution is 2.22. The molecule has 0 bridgehead atoms. The molecular weight excluding hydrogens is 314 g/mol. The molecule has 0 aliphatic heterocycles. The maximum atomic E-state index is 6.19. The summed E-state index contributed by atoms with van der Waals surface area (Å²) < 4.78 is 1.07. The second kappa shape index (κ2) is 5.79. The Morgan fingerprint density at radius 3 is 2.70 bits per heavy atom. The smallest absolute Gasteiger partial charge is 0.0965 e. The maximum Gasteiger partial charge on any atom is 0.0965 e. The van der Waals surface area contributed by atoms with E-state index in [4.69, 9.17) is 5.73 Å². The number of aromatic amines is 1. The molecule has 0 saturated heterocycles. The average Bonchev–Trinajstić information content (AvgIpc) is 2.89. The summed E-state index contributed by atoms with van der Waals surface area (Å²) in [7, 11) is 0. The first kappa shape index (κ1) is 13.4. The van der Waals surface area contributed by atoms with Gasteiger partial charge in [0.05, 0.1) is 6.17 Å². The second-order valence-electron chi connectivity index (χ2n) is 4.80.